The van der Waals surface area contributed by atoms with Crippen molar-refractivity contribution in [3.8, 4) is 5.75 Å². The average molecular weight is 285 g/mol. The number of aromatic amines is 1. The molecular formula is C17H23N3O. The van der Waals surface area contributed by atoms with Crippen LogP contribution in [0.25, 0.3) is 0 Å². The normalized spacial score (nSPS) is 15.3. The standard InChI is InChI=1S/C17H23N3O/c1-12-17(13(2)20-19-12)11-18-14-7-9-16(10-8-14)21-15-5-3-4-6-15/h7-10,15,18H,3-6,11H2,1-2H3,(H,19,20). The van der Waals surface area contributed by atoms with Crippen LogP contribution in [-0.4, -0.2) is 16.3 Å². The minimum absolute atomic E-state index is 0.417. The van der Waals surface area contributed by atoms with Crippen LogP contribution in [0.4, 0.5) is 5.69 Å². The summed E-state index contributed by atoms with van der Waals surface area (Å²) in [5, 5.41) is 10.7. The average Bonchev–Trinajstić information content (AvgIpc) is 3.10. The van der Waals surface area contributed by atoms with Crippen LogP contribution in [0.1, 0.15) is 42.6 Å². The number of hydrogen-bond donors (Lipinski definition) is 2. The molecule has 1 aliphatic carbocycles. The van der Waals surface area contributed by atoms with Crippen molar-refractivity contribution in [2.75, 3.05) is 5.32 Å². The van der Waals surface area contributed by atoms with Crippen LogP contribution in [-0.2, 0) is 6.54 Å². The number of rotatable bonds is 5. The molecule has 21 heavy (non-hydrogen) atoms. The fourth-order valence-corrected chi connectivity index (χ4v) is 2.87. The zero-order valence-electron chi connectivity index (χ0n) is 12.8. The topological polar surface area (TPSA) is 49.9 Å². The fourth-order valence-electron chi connectivity index (χ4n) is 2.87. The van der Waals surface area contributed by atoms with E-state index in [2.05, 4.69) is 46.7 Å². The second kappa shape index (κ2) is 6.20. The molecule has 3 rings (SSSR count). The Balaban J connectivity index is 1.57. The van der Waals surface area contributed by atoms with Crippen LogP contribution in [0.15, 0.2) is 24.3 Å². The zero-order chi connectivity index (χ0) is 14.7. The first-order valence-electron chi connectivity index (χ1n) is 7.73. The summed E-state index contributed by atoms with van der Waals surface area (Å²) in [6.07, 6.45) is 5.40. The molecule has 4 nitrogen and oxygen atoms in total. The summed E-state index contributed by atoms with van der Waals surface area (Å²) in [7, 11) is 0. The number of benzene rings is 1. The number of ether oxygens (including phenoxy) is 1. The Bertz CT molecular complexity index is 563. The van der Waals surface area contributed by atoms with E-state index in [1.165, 1.54) is 31.2 Å². The van der Waals surface area contributed by atoms with Gasteiger partial charge in [-0.25, -0.2) is 0 Å². The fraction of sp³-hybridized carbons (Fsp3) is 0.471. The third kappa shape index (κ3) is 3.38. The predicted octanol–water partition coefficient (Wildman–Crippen LogP) is 3.96. The molecule has 1 heterocycles. The number of H-pyrrole nitrogens is 1. The first-order valence-corrected chi connectivity index (χ1v) is 7.73. The maximum absolute atomic E-state index is 5.98. The van der Waals surface area contributed by atoms with Gasteiger partial charge in [0.05, 0.1) is 11.8 Å². The van der Waals surface area contributed by atoms with Crippen LogP contribution >= 0.6 is 0 Å². The first-order chi connectivity index (χ1) is 10.2. The van der Waals surface area contributed by atoms with E-state index in [-0.39, 0.29) is 0 Å². The third-order valence-electron chi connectivity index (χ3n) is 4.21. The second-order valence-corrected chi connectivity index (χ2v) is 5.81. The molecule has 0 saturated heterocycles. The van der Waals surface area contributed by atoms with E-state index in [1.807, 2.05) is 6.92 Å². The first kappa shape index (κ1) is 14.0. The highest BCUT2D eigenvalue weighted by Crippen LogP contribution is 2.25. The van der Waals surface area contributed by atoms with E-state index < -0.39 is 0 Å². The van der Waals surface area contributed by atoms with Gasteiger partial charge in [-0.2, -0.15) is 5.10 Å². The van der Waals surface area contributed by atoms with Gasteiger partial charge in [-0.05, 0) is 63.8 Å². The summed E-state index contributed by atoms with van der Waals surface area (Å²) in [6, 6.07) is 8.26. The minimum Gasteiger partial charge on any atom is -0.490 e. The van der Waals surface area contributed by atoms with Crippen molar-refractivity contribution in [3.05, 3.63) is 41.2 Å². The summed E-state index contributed by atoms with van der Waals surface area (Å²) in [4.78, 5) is 0. The lowest BCUT2D eigenvalue weighted by Crippen LogP contribution is -2.10. The Kier molecular flexibility index (Phi) is 4.13. The van der Waals surface area contributed by atoms with Gasteiger partial charge >= 0.3 is 0 Å². The zero-order valence-corrected chi connectivity index (χ0v) is 12.8. The molecule has 0 unspecified atom stereocenters. The van der Waals surface area contributed by atoms with Crippen molar-refractivity contribution in [2.45, 2.75) is 52.2 Å². The van der Waals surface area contributed by atoms with Crippen molar-refractivity contribution in [3.63, 3.8) is 0 Å². The monoisotopic (exact) mass is 285 g/mol. The highest BCUT2D eigenvalue weighted by Gasteiger charge is 2.16. The highest BCUT2D eigenvalue weighted by atomic mass is 16.5. The quantitative estimate of drug-likeness (QED) is 0.874. The van der Waals surface area contributed by atoms with Crippen molar-refractivity contribution in [1.82, 2.24) is 10.2 Å². The van der Waals surface area contributed by atoms with E-state index in [9.17, 15) is 0 Å². The van der Waals surface area contributed by atoms with Gasteiger partial charge in [-0.15, -0.1) is 0 Å². The van der Waals surface area contributed by atoms with Gasteiger partial charge in [0, 0.05) is 23.5 Å². The predicted molar refractivity (Wildman–Crippen MR) is 84.7 cm³/mol. The van der Waals surface area contributed by atoms with E-state index in [0.29, 0.717) is 6.10 Å². The Hall–Kier alpha value is -1.97. The molecule has 112 valence electrons. The number of anilines is 1. The molecule has 1 aromatic carbocycles. The lowest BCUT2D eigenvalue weighted by atomic mass is 10.2. The van der Waals surface area contributed by atoms with Crippen molar-refractivity contribution >= 4 is 5.69 Å². The van der Waals surface area contributed by atoms with Crippen LogP contribution in [0.5, 0.6) is 5.75 Å². The second-order valence-electron chi connectivity index (χ2n) is 5.81. The lowest BCUT2D eigenvalue weighted by molar-refractivity contribution is 0.210. The summed E-state index contributed by atoms with van der Waals surface area (Å²) in [5.74, 6) is 0.975. The van der Waals surface area contributed by atoms with Gasteiger partial charge in [0.15, 0.2) is 0 Å². The number of aryl methyl sites for hydroxylation is 2. The SMILES string of the molecule is Cc1n[nH]c(C)c1CNc1ccc(OC2CCCC2)cc1. The van der Waals surface area contributed by atoms with Crippen molar-refractivity contribution in [2.24, 2.45) is 0 Å². The van der Waals surface area contributed by atoms with Gasteiger partial charge in [-0.3, -0.25) is 5.10 Å². The smallest absolute Gasteiger partial charge is 0.119 e. The lowest BCUT2D eigenvalue weighted by Gasteiger charge is -2.13. The van der Waals surface area contributed by atoms with Crippen LogP contribution in [0.2, 0.25) is 0 Å². The van der Waals surface area contributed by atoms with Gasteiger partial charge in [0.1, 0.15) is 5.75 Å². The van der Waals surface area contributed by atoms with Crippen LogP contribution in [0.3, 0.4) is 0 Å². The molecule has 0 bridgehead atoms. The largest absolute Gasteiger partial charge is 0.490 e. The molecule has 0 amide bonds. The molecule has 1 aromatic heterocycles. The number of hydrogen-bond acceptors (Lipinski definition) is 3. The molecule has 1 fully saturated rings. The van der Waals surface area contributed by atoms with Gasteiger partial charge in [-0.1, -0.05) is 0 Å². The molecule has 0 radical (unpaired) electrons. The number of nitrogens with one attached hydrogen (secondary N) is 2. The van der Waals surface area contributed by atoms with Crippen LogP contribution < -0.4 is 10.1 Å². The van der Waals surface area contributed by atoms with E-state index in [1.54, 1.807) is 0 Å². The summed E-state index contributed by atoms with van der Waals surface area (Å²) >= 11 is 0. The molecule has 2 aromatic rings. The Morgan fingerprint density at radius 1 is 1.19 bits per heavy atom. The molecule has 2 N–H and O–H groups in total. The summed E-state index contributed by atoms with van der Waals surface area (Å²) < 4.78 is 5.98. The highest BCUT2D eigenvalue weighted by molar-refractivity contribution is 5.47. The molecule has 0 aliphatic heterocycles. The summed E-state index contributed by atoms with van der Waals surface area (Å²) in [6.45, 7) is 4.87. The van der Waals surface area contributed by atoms with E-state index in [0.717, 1.165) is 29.4 Å². The molecule has 1 saturated carbocycles. The van der Waals surface area contributed by atoms with Gasteiger partial charge < -0.3 is 10.1 Å². The maximum Gasteiger partial charge on any atom is 0.119 e. The molecule has 1 aliphatic rings. The molecular weight excluding hydrogens is 262 g/mol. The summed E-state index contributed by atoms with van der Waals surface area (Å²) in [5.41, 5.74) is 4.53. The minimum atomic E-state index is 0.417. The maximum atomic E-state index is 5.98. The van der Waals surface area contributed by atoms with E-state index >= 15 is 0 Å². The Morgan fingerprint density at radius 2 is 1.90 bits per heavy atom. The Morgan fingerprint density at radius 3 is 2.52 bits per heavy atom. The van der Waals surface area contributed by atoms with Crippen LogP contribution in [0, 0.1) is 13.8 Å². The Labute approximate surface area is 125 Å². The number of nitrogens with zero attached hydrogens (tertiary/aromatic N) is 1. The molecule has 0 atom stereocenters. The van der Waals surface area contributed by atoms with Gasteiger partial charge in [0.25, 0.3) is 0 Å². The molecule has 4 heteroatoms. The van der Waals surface area contributed by atoms with Crippen molar-refractivity contribution < 1.29 is 4.74 Å². The number of aromatic nitrogens is 2. The molecule has 0 spiro atoms. The van der Waals surface area contributed by atoms with Gasteiger partial charge in [0.2, 0.25) is 0 Å². The third-order valence-corrected chi connectivity index (χ3v) is 4.21. The van der Waals surface area contributed by atoms with E-state index in [4.69, 9.17) is 4.74 Å². The van der Waals surface area contributed by atoms with Crippen molar-refractivity contribution in [1.29, 1.82) is 0 Å².